The summed E-state index contributed by atoms with van der Waals surface area (Å²) in [7, 11) is 0. The summed E-state index contributed by atoms with van der Waals surface area (Å²) in [6.45, 7) is 2.02. The summed E-state index contributed by atoms with van der Waals surface area (Å²) in [5, 5.41) is 3.02. The van der Waals surface area contributed by atoms with Gasteiger partial charge in [0.05, 0.1) is 0 Å². The molecule has 0 aromatic heterocycles. The normalized spacial score (nSPS) is 17.5. The molecular weight excluding hydrogens is 288 g/mol. The molecule has 2 aliphatic rings. The molecule has 0 unspecified atom stereocenters. The molecule has 1 aliphatic heterocycles. The molecule has 0 atom stereocenters. The van der Waals surface area contributed by atoms with Gasteiger partial charge in [0.15, 0.2) is 0 Å². The molecular formula is C19H24N2O2. The van der Waals surface area contributed by atoms with Crippen LogP contribution < -0.4 is 5.32 Å². The van der Waals surface area contributed by atoms with Crippen molar-refractivity contribution in [3.8, 4) is 0 Å². The summed E-state index contributed by atoms with van der Waals surface area (Å²) in [5.41, 5.74) is 3.49. The predicted octanol–water partition coefficient (Wildman–Crippen LogP) is 2.93. The summed E-state index contributed by atoms with van der Waals surface area (Å²) in [4.78, 5) is 25.8. The summed E-state index contributed by atoms with van der Waals surface area (Å²) < 4.78 is 0. The van der Waals surface area contributed by atoms with E-state index in [-0.39, 0.29) is 11.8 Å². The molecule has 1 saturated heterocycles. The molecule has 1 aromatic rings. The van der Waals surface area contributed by atoms with Gasteiger partial charge in [-0.15, -0.1) is 0 Å². The van der Waals surface area contributed by atoms with E-state index < -0.39 is 0 Å². The minimum atomic E-state index is 0.0881. The van der Waals surface area contributed by atoms with E-state index in [1.165, 1.54) is 12.0 Å². The Kier molecular flexibility index (Phi) is 5.11. The summed E-state index contributed by atoms with van der Waals surface area (Å²) in [6, 6.07) is 8.05. The van der Waals surface area contributed by atoms with Gasteiger partial charge in [-0.05, 0) is 36.8 Å². The van der Waals surface area contributed by atoms with Crippen LogP contribution in [-0.2, 0) is 22.7 Å². The Morgan fingerprint density at radius 3 is 2.65 bits per heavy atom. The highest BCUT2D eigenvalue weighted by Crippen LogP contribution is 2.20. The first kappa shape index (κ1) is 15.8. The van der Waals surface area contributed by atoms with E-state index >= 15 is 0 Å². The van der Waals surface area contributed by atoms with Gasteiger partial charge < -0.3 is 10.2 Å². The van der Waals surface area contributed by atoms with Crippen molar-refractivity contribution in [1.29, 1.82) is 0 Å². The van der Waals surface area contributed by atoms with Crippen LogP contribution in [0.4, 0.5) is 0 Å². The molecule has 0 spiro atoms. The predicted molar refractivity (Wildman–Crippen MR) is 89.5 cm³/mol. The van der Waals surface area contributed by atoms with Crippen molar-refractivity contribution in [1.82, 2.24) is 10.2 Å². The van der Waals surface area contributed by atoms with Crippen LogP contribution in [0.3, 0.4) is 0 Å². The fourth-order valence-electron chi connectivity index (χ4n) is 3.32. The smallest absolute Gasteiger partial charge is 0.224 e. The van der Waals surface area contributed by atoms with Crippen LogP contribution in [0.5, 0.6) is 0 Å². The zero-order chi connectivity index (χ0) is 16.1. The number of nitrogens with one attached hydrogen (secondary N) is 1. The van der Waals surface area contributed by atoms with Gasteiger partial charge in [-0.2, -0.15) is 0 Å². The van der Waals surface area contributed by atoms with Crippen LogP contribution in [0.1, 0.15) is 49.7 Å². The Morgan fingerprint density at radius 1 is 1.13 bits per heavy atom. The van der Waals surface area contributed by atoms with Gasteiger partial charge in [-0.25, -0.2) is 0 Å². The second kappa shape index (κ2) is 7.44. The fourth-order valence-corrected chi connectivity index (χ4v) is 3.32. The SMILES string of the molecule is O=C(CC1=CCCC1)NCc1ccccc1CN1CCCC1=O. The molecule has 2 amide bonds. The number of likely N-dealkylation sites (tertiary alicyclic amines) is 1. The minimum Gasteiger partial charge on any atom is -0.352 e. The van der Waals surface area contributed by atoms with Crippen LogP contribution in [0.25, 0.3) is 0 Å². The molecule has 0 radical (unpaired) electrons. The Balaban J connectivity index is 1.56. The largest absolute Gasteiger partial charge is 0.352 e. The zero-order valence-corrected chi connectivity index (χ0v) is 13.5. The number of hydrogen-bond donors (Lipinski definition) is 1. The first-order valence-corrected chi connectivity index (χ1v) is 8.51. The third-order valence-electron chi connectivity index (χ3n) is 4.65. The molecule has 0 saturated carbocycles. The van der Waals surface area contributed by atoms with E-state index in [2.05, 4.69) is 11.4 Å². The van der Waals surface area contributed by atoms with E-state index in [0.717, 1.165) is 36.9 Å². The summed E-state index contributed by atoms with van der Waals surface area (Å²) >= 11 is 0. The lowest BCUT2D eigenvalue weighted by molar-refractivity contribution is -0.128. The molecule has 1 heterocycles. The molecule has 1 N–H and O–H groups in total. The molecule has 1 fully saturated rings. The average molecular weight is 312 g/mol. The number of allylic oxidation sites excluding steroid dienone is 1. The number of nitrogens with zero attached hydrogens (tertiary/aromatic N) is 1. The van der Waals surface area contributed by atoms with Gasteiger partial charge >= 0.3 is 0 Å². The quantitative estimate of drug-likeness (QED) is 0.821. The lowest BCUT2D eigenvalue weighted by Gasteiger charge is -2.18. The van der Waals surface area contributed by atoms with Crippen molar-refractivity contribution in [3.63, 3.8) is 0 Å². The maximum Gasteiger partial charge on any atom is 0.224 e. The van der Waals surface area contributed by atoms with Crippen molar-refractivity contribution in [2.75, 3.05) is 6.54 Å². The van der Waals surface area contributed by atoms with Gasteiger partial charge in [0, 0.05) is 32.5 Å². The van der Waals surface area contributed by atoms with E-state index in [0.29, 0.717) is 25.9 Å². The van der Waals surface area contributed by atoms with Crippen LogP contribution in [0.2, 0.25) is 0 Å². The highest BCUT2D eigenvalue weighted by molar-refractivity contribution is 5.79. The molecule has 122 valence electrons. The van der Waals surface area contributed by atoms with Crippen molar-refractivity contribution in [2.45, 2.75) is 51.6 Å². The molecule has 1 aliphatic carbocycles. The van der Waals surface area contributed by atoms with E-state index in [1.54, 1.807) is 0 Å². The van der Waals surface area contributed by atoms with Crippen LogP contribution >= 0.6 is 0 Å². The number of carbonyl (C=O) groups excluding carboxylic acids is 2. The monoisotopic (exact) mass is 312 g/mol. The van der Waals surface area contributed by atoms with Gasteiger partial charge in [-0.3, -0.25) is 9.59 Å². The number of amides is 2. The van der Waals surface area contributed by atoms with Crippen LogP contribution in [-0.4, -0.2) is 23.3 Å². The Morgan fingerprint density at radius 2 is 1.96 bits per heavy atom. The number of benzene rings is 1. The molecule has 0 bridgehead atoms. The van der Waals surface area contributed by atoms with Gasteiger partial charge in [0.1, 0.15) is 0 Å². The molecule has 23 heavy (non-hydrogen) atoms. The molecule has 4 nitrogen and oxygen atoms in total. The van der Waals surface area contributed by atoms with Crippen molar-refractivity contribution in [3.05, 3.63) is 47.0 Å². The third kappa shape index (κ3) is 4.21. The second-order valence-corrected chi connectivity index (χ2v) is 6.40. The second-order valence-electron chi connectivity index (χ2n) is 6.40. The van der Waals surface area contributed by atoms with Gasteiger partial charge in [-0.1, -0.05) is 35.9 Å². The molecule has 3 rings (SSSR count). The lowest BCUT2D eigenvalue weighted by Crippen LogP contribution is -2.26. The Bertz CT molecular complexity index is 622. The molecule has 4 heteroatoms. The third-order valence-corrected chi connectivity index (χ3v) is 4.65. The van der Waals surface area contributed by atoms with Crippen molar-refractivity contribution in [2.24, 2.45) is 0 Å². The van der Waals surface area contributed by atoms with Crippen molar-refractivity contribution >= 4 is 11.8 Å². The summed E-state index contributed by atoms with van der Waals surface area (Å²) in [5.74, 6) is 0.321. The minimum absolute atomic E-state index is 0.0881. The first-order valence-electron chi connectivity index (χ1n) is 8.51. The van der Waals surface area contributed by atoms with Crippen molar-refractivity contribution < 1.29 is 9.59 Å². The number of carbonyl (C=O) groups is 2. The molecule has 1 aromatic carbocycles. The standard InChI is InChI=1S/C19H24N2O2/c22-18(12-15-6-1-2-7-15)20-13-16-8-3-4-9-17(16)14-21-11-5-10-19(21)23/h3-4,6,8-9H,1-2,5,7,10-14H2,(H,20,22). The number of rotatable bonds is 6. The fraction of sp³-hybridized carbons (Fsp3) is 0.474. The highest BCUT2D eigenvalue weighted by Gasteiger charge is 2.21. The maximum atomic E-state index is 12.1. The number of hydrogen-bond acceptors (Lipinski definition) is 2. The lowest BCUT2D eigenvalue weighted by atomic mass is 10.1. The average Bonchev–Trinajstić information content (AvgIpc) is 3.19. The topological polar surface area (TPSA) is 49.4 Å². The Labute approximate surface area is 137 Å². The van der Waals surface area contributed by atoms with Gasteiger partial charge in [0.25, 0.3) is 0 Å². The van der Waals surface area contributed by atoms with E-state index in [1.807, 2.05) is 29.2 Å². The first-order chi connectivity index (χ1) is 11.2. The van der Waals surface area contributed by atoms with E-state index in [4.69, 9.17) is 0 Å². The van der Waals surface area contributed by atoms with Crippen LogP contribution in [0.15, 0.2) is 35.9 Å². The zero-order valence-electron chi connectivity index (χ0n) is 13.5. The highest BCUT2D eigenvalue weighted by atomic mass is 16.2. The maximum absolute atomic E-state index is 12.1. The van der Waals surface area contributed by atoms with E-state index in [9.17, 15) is 9.59 Å². The summed E-state index contributed by atoms with van der Waals surface area (Å²) in [6.07, 6.45) is 7.66. The van der Waals surface area contributed by atoms with Gasteiger partial charge in [0.2, 0.25) is 11.8 Å². The van der Waals surface area contributed by atoms with Crippen LogP contribution in [0, 0.1) is 0 Å². The Hall–Kier alpha value is -2.10.